The molecule has 1 amide bonds. The average molecular weight is 283 g/mol. The van der Waals surface area contributed by atoms with Crippen molar-refractivity contribution in [3.8, 4) is 5.75 Å². The van der Waals surface area contributed by atoms with E-state index in [1.807, 2.05) is 31.2 Å². The summed E-state index contributed by atoms with van der Waals surface area (Å²) in [6.45, 7) is 1.99. The molecule has 2 rings (SSSR count). The van der Waals surface area contributed by atoms with E-state index in [-0.39, 0.29) is 5.91 Å². The summed E-state index contributed by atoms with van der Waals surface area (Å²) in [4.78, 5) is 15.8. The summed E-state index contributed by atoms with van der Waals surface area (Å²) < 4.78 is 5.12. The summed E-state index contributed by atoms with van der Waals surface area (Å²) >= 11 is 0. The molecule has 108 valence electrons. The van der Waals surface area contributed by atoms with Crippen LogP contribution in [0.5, 0.6) is 5.75 Å². The lowest BCUT2D eigenvalue weighted by Gasteiger charge is -2.06. The molecule has 0 fully saturated rings. The molecule has 0 saturated heterocycles. The highest BCUT2D eigenvalue weighted by Crippen LogP contribution is 2.13. The Bertz CT molecular complexity index is 622. The van der Waals surface area contributed by atoms with Crippen molar-refractivity contribution in [1.82, 2.24) is 10.4 Å². The lowest BCUT2D eigenvalue weighted by molar-refractivity contribution is 0.0954. The van der Waals surface area contributed by atoms with E-state index < -0.39 is 0 Å². The second-order valence-corrected chi connectivity index (χ2v) is 4.32. The number of methoxy groups -OCH3 is 1. The SMILES string of the molecule is CCC(=NNC(=O)c1ccncc1)c1ccc(OC)cc1. The van der Waals surface area contributed by atoms with Gasteiger partial charge in [0.05, 0.1) is 12.8 Å². The van der Waals surface area contributed by atoms with E-state index in [2.05, 4.69) is 15.5 Å². The normalized spacial score (nSPS) is 11.0. The molecule has 5 nitrogen and oxygen atoms in total. The van der Waals surface area contributed by atoms with Crippen molar-refractivity contribution in [3.05, 3.63) is 59.9 Å². The molecule has 1 aromatic carbocycles. The number of carbonyl (C=O) groups excluding carboxylic acids is 1. The molecule has 1 aromatic heterocycles. The average Bonchev–Trinajstić information content (AvgIpc) is 2.56. The van der Waals surface area contributed by atoms with Crippen molar-refractivity contribution in [1.29, 1.82) is 0 Å². The van der Waals surface area contributed by atoms with E-state index in [1.165, 1.54) is 0 Å². The lowest BCUT2D eigenvalue weighted by Crippen LogP contribution is -2.20. The number of hydrazone groups is 1. The molecule has 0 unspecified atom stereocenters. The molecule has 0 aliphatic heterocycles. The zero-order chi connectivity index (χ0) is 15.1. The highest BCUT2D eigenvalue weighted by molar-refractivity contribution is 6.02. The van der Waals surface area contributed by atoms with Gasteiger partial charge >= 0.3 is 0 Å². The van der Waals surface area contributed by atoms with Gasteiger partial charge in [-0.05, 0) is 48.4 Å². The second kappa shape index (κ2) is 7.19. The van der Waals surface area contributed by atoms with E-state index in [9.17, 15) is 4.79 Å². The van der Waals surface area contributed by atoms with Crippen LogP contribution in [0.4, 0.5) is 0 Å². The van der Waals surface area contributed by atoms with E-state index in [4.69, 9.17) is 4.74 Å². The topological polar surface area (TPSA) is 63.6 Å². The van der Waals surface area contributed by atoms with Gasteiger partial charge in [0.1, 0.15) is 5.75 Å². The first-order chi connectivity index (χ1) is 10.2. The first-order valence-corrected chi connectivity index (χ1v) is 6.66. The predicted molar refractivity (Wildman–Crippen MR) is 81.5 cm³/mol. The van der Waals surface area contributed by atoms with Crippen LogP contribution in [0.3, 0.4) is 0 Å². The van der Waals surface area contributed by atoms with Gasteiger partial charge in [-0.3, -0.25) is 9.78 Å². The molecule has 5 heteroatoms. The fraction of sp³-hybridized carbons (Fsp3) is 0.188. The highest BCUT2D eigenvalue weighted by atomic mass is 16.5. The summed E-state index contributed by atoms with van der Waals surface area (Å²) in [5.41, 5.74) is 4.85. The number of hydrogen-bond acceptors (Lipinski definition) is 4. The maximum absolute atomic E-state index is 11.9. The van der Waals surface area contributed by atoms with E-state index in [1.54, 1.807) is 31.6 Å². The molecule has 0 spiro atoms. The van der Waals surface area contributed by atoms with Crippen LogP contribution in [0.15, 0.2) is 53.9 Å². The predicted octanol–water partition coefficient (Wildman–Crippen LogP) is 2.63. The number of nitrogens with one attached hydrogen (secondary N) is 1. The standard InChI is InChI=1S/C16H17N3O2/c1-3-15(12-4-6-14(21-2)7-5-12)18-19-16(20)13-8-10-17-11-9-13/h4-11H,3H2,1-2H3,(H,19,20). The van der Waals surface area contributed by atoms with Crippen molar-refractivity contribution < 1.29 is 9.53 Å². The number of ether oxygens (including phenoxy) is 1. The summed E-state index contributed by atoms with van der Waals surface area (Å²) in [5, 5.41) is 4.20. The van der Waals surface area contributed by atoms with Gasteiger partial charge in [-0.15, -0.1) is 0 Å². The third-order valence-electron chi connectivity index (χ3n) is 2.99. The Hall–Kier alpha value is -2.69. The van der Waals surface area contributed by atoms with Crippen LogP contribution in [0.1, 0.15) is 29.3 Å². The highest BCUT2D eigenvalue weighted by Gasteiger charge is 2.06. The molecule has 0 atom stereocenters. The molecule has 2 aromatic rings. The van der Waals surface area contributed by atoms with Gasteiger partial charge in [0, 0.05) is 18.0 Å². The van der Waals surface area contributed by atoms with Gasteiger partial charge in [-0.1, -0.05) is 6.92 Å². The van der Waals surface area contributed by atoms with Crippen LogP contribution in [0.25, 0.3) is 0 Å². The Labute approximate surface area is 123 Å². The molecule has 0 saturated carbocycles. The smallest absolute Gasteiger partial charge is 0.271 e. The lowest BCUT2D eigenvalue weighted by atomic mass is 10.1. The Morgan fingerprint density at radius 1 is 1.14 bits per heavy atom. The fourth-order valence-electron chi connectivity index (χ4n) is 1.82. The van der Waals surface area contributed by atoms with Gasteiger partial charge in [-0.2, -0.15) is 5.10 Å². The third-order valence-corrected chi connectivity index (χ3v) is 2.99. The van der Waals surface area contributed by atoms with Crippen LogP contribution < -0.4 is 10.2 Å². The maximum atomic E-state index is 11.9. The zero-order valence-corrected chi connectivity index (χ0v) is 12.0. The minimum Gasteiger partial charge on any atom is -0.497 e. The van der Waals surface area contributed by atoms with Crippen molar-refractivity contribution in [3.63, 3.8) is 0 Å². The zero-order valence-electron chi connectivity index (χ0n) is 12.0. The van der Waals surface area contributed by atoms with Gasteiger partial charge in [-0.25, -0.2) is 5.43 Å². The Morgan fingerprint density at radius 2 is 1.81 bits per heavy atom. The fourth-order valence-corrected chi connectivity index (χ4v) is 1.82. The van der Waals surface area contributed by atoms with Crippen molar-refractivity contribution in [2.75, 3.05) is 7.11 Å². The van der Waals surface area contributed by atoms with Crippen LogP contribution >= 0.6 is 0 Å². The number of carbonyl (C=O) groups is 1. The number of pyridine rings is 1. The van der Waals surface area contributed by atoms with Crippen molar-refractivity contribution >= 4 is 11.6 Å². The summed E-state index contributed by atoms with van der Waals surface area (Å²) in [6.07, 6.45) is 3.86. The number of hydrogen-bond donors (Lipinski definition) is 1. The van der Waals surface area contributed by atoms with Gasteiger partial charge in [0.15, 0.2) is 0 Å². The first kappa shape index (κ1) is 14.7. The number of nitrogens with zero attached hydrogens (tertiary/aromatic N) is 2. The minimum atomic E-state index is -0.253. The van der Waals surface area contributed by atoms with Crippen LogP contribution in [-0.2, 0) is 0 Å². The molecule has 0 radical (unpaired) electrons. The van der Waals surface area contributed by atoms with Crippen molar-refractivity contribution in [2.24, 2.45) is 5.10 Å². The van der Waals surface area contributed by atoms with Gasteiger partial charge in [0.25, 0.3) is 5.91 Å². The van der Waals surface area contributed by atoms with Crippen molar-refractivity contribution in [2.45, 2.75) is 13.3 Å². The molecule has 0 aliphatic rings. The molecule has 1 heterocycles. The largest absolute Gasteiger partial charge is 0.497 e. The monoisotopic (exact) mass is 283 g/mol. The summed E-state index contributed by atoms with van der Waals surface area (Å²) in [6, 6.07) is 10.9. The summed E-state index contributed by atoms with van der Waals surface area (Å²) in [5.74, 6) is 0.534. The maximum Gasteiger partial charge on any atom is 0.271 e. The molecule has 0 aliphatic carbocycles. The van der Waals surface area contributed by atoms with Crippen LogP contribution in [-0.4, -0.2) is 23.7 Å². The number of rotatable bonds is 5. The minimum absolute atomic E-state index is 0.253. The number of aromatic nitrogens is 1. The molecule has 0 bridgehead atoms. The summed E-state index contributed by atoms with van der Waals surface area (Å²) in [7, 11) is 1.62. The quantitative estimate of drug-likeness (QED) is 0.677. The van der Waals surface area contributed by atoms with Crippen LogP contribution in [0.2, 0.25) is 0 Å². The molecule has 21 heavy (non-hydrogen) atoms. The van der Waals surface area contributed by atoms with Crippen LogP contribution in [0, 0.1) is 0 Å². The Kier molecular flexibility index (Phi) is 5.04. The first-order valence-electron chi connectivity index (χ1n) is 6.66. The Balaban J connectivity index is 2.11. The third kappa shape index (κ3) is 3.89. The number of benzene rings is 1. The van der Waals surface area contributed by atoms with E-state index in [0.29, 0.717) is 12.0 Å². The molecular weight excluding hydrogens is 266 g/mol. The molecular formula is C16H17N3O2. The van der Waals surface area contributed by atoms with E-state index in [0.717, 1.165) is 17.0 Å². The number of amides is 1. The van der Waals surface area contributed by atoms with Gasteiger partial charge in [0.2, 0.25) is 0 Å². The second-order valence-electron chi connectivity index (χ2n) is 4.32. The Morgan fingerprint density at radius 3 is 2.38 bits per heavy atom. The van der Waals surface area contributed by atoms with Gasteiger partial charge < -0.3 is 4.74 Å². The van der Waals surface area contributed by atoms with E-state index >= 15 is 0 Å². The molecule has 1 N–H and O–H groups in total.